The summed E-state index contributed by atoms with van der Waals surface area (Å²) in [5, 5.41) is 0.659. The third-order valence-corrected chi connectivity index (χ3v) is 6.36. The van der Waals surface area contributed by atoms with E-state index in [-0.39, 0.29) is 23.6 Å². The zero-order valence-electron chi connectivity index (χ0n) is 19.3. The van der Waals surface area contributed by atoms with Gasteiger partial charge in [0, 0.05) is 11.1 Å². The van der Waals surface area contributed by atoms with Crippen LogP contribution in [0.5, 0.6) is 5.75 Å². The standard InChI is InChI=1S/C25H38Cl2O4/c1-4-7-8-9-10-11-12-13-14-15-18-30-23(28)25(5-2,6-3)24(29)31-22-19-20(26)16-17-21(22)27/h16-17,19H,4-15,18H2,1-3H3. The lowest BCUT2D eigenvalue weighted by Gasteiger charge is -2.27. The molecule has 0 atom stereocenters. The number of hydrogen-bond acceptors (Lipinski definition) is 4. The summed E-state index contributed by atoms with van der Waals surface area (Å²) < 4.78 is 10.9. The van der Waals surface area contributed by atoms with Crippen molar-refractivity contribution in [3.63, 3.8) is 0 Å². The molecule has 0 amide bonds. The summed E-state index contributed by atoms with van der Waals surface area (Å²) in [6.07, 6.45) is 12.6. The molecule has 0 heterocycles. The lowest BCUT2D eigenvalue weighted by molar-refractivity contribution is -0.168. The molecule has 0 aromatic heterocycles. The second-order valence-corrected chi connectivity index (χ2v) is 8.92. The molecule has 0 unspecified atom stereocenters. The highest BCUT2D eigenvalue weighted by molar-refractivity contribution is 6.34. The molecule has 0 fully saturated rings. The average Bonchev–Trinajstić information content (AvgIpc) is 2.76. The fourth-order valence-electron chi connectivity index (χ4n) is 3.56. The zero-order valence-corrected chi connectivity index (χ0v) is 20.8. The summed E-state index contributed by atoms with van der Waals surface area (Å²) in [6, 6.07) is 4.62. The van der Waals surface area contributed by atoms with E-state index in [1.165, 1.54) is 51.0 Å². The molecule has 6 heteroatoms. The van der Waals surface area contributed by atoms with Crippen LogP contribution in [0.4, 0.5) is 0 Å². The minimum absolute atomic E-state index is 0.146. The van der Waals surface area contributed by atoms with Gasteiger partial charge in [-0.3, -0.25) is 9.59 Å². The van der Waals surface area contributed by atoms with E-state index in [2.05, 4.69) is 6.92 Å². The second kappa shape index (κ2) is 15.5. The van der Waals surface area contributed by atoms with Crippen molar-refractivity contribution in [2.75, 3.05) is 6.61 Å². The van der Waals surface area contributed by atoms with Crippen molar-refractivity contribution in [1.29, 1.82) is 0 Å². The minimum Gasteiger partial charge on any atom is -0.465 e. The summed E-state index contributed by atoms with van der Waals surface area (Å²) in [5.74, 6) is -1.04. The van der Waals surface area contributed by atoms with Gasteiger partial charge in [-0.2, -0.15) is 0 Å². The third kappa shape index (κ3) is 9.41. The Morgan fingerprint density at radius 3 is 1.90 bits per heavy atom. The van der Waals surface area contributed by atoms with Crippen LogP contribution < -0.4 is 4.74 Å². The van der Waals surface area contributed by atoms with Gasteiger partial charge in [-0.05, 0) is 31.4 Å². The first-order valence-corrected chi connectivity index (χ1v) is 12.5. The lowest BCUT2D eigenvalue weighted by Crippen LogP contribution is -2.42. The van der Waals surface area contributed by atoms with Gasteiger partial charge >= 0.3 is 11.9 Å². The summed E-state index contributed by atoms with van der Waals surface area (Å²) in [4.78, 5) is 25.7. The Morgan fingerprint density at radius 2 is 1.35 bits per heavy atom. The fraction of sp³-hybridized carbons (Fsp3) is 0.680. The van der Waals surface area contributed by atoms with Gasteiger partial charge in [0.15, 0.2) is 11.2 Å². The van der Waals surface area contributed by atoms with Gasteiger partial charge in [-0.25, -0.2) is 0 Å². The Labute approximate surface area is 198 Å². The number of halogens is 2. The topological polar surface area (TPSA) is 52.6 Å². The number of carbonyl (C=O) groups is 2. The minimum atomic E-state index is -1.34. The van der Waals surface area contributed by atoms with E-state index < -0.39 is 17.4 Å². The Hall–Kier alpha value is -1.26. The highest BCUT2D eigenvalue weighted by Crippen LogP contribution is 2.34. The van der Waals surface area contributed by atoms with Crippen LogP contribution in [-0.4, -0.2) is 18.5 Å². The van der Waals surface area contributed by atoms with Gasteiger partial charge in [0.05, 0.1) is 11.6 Å². The van der Waals surface area contributed by atoms with Gasteiger partial charge in [0.25, 0.3) is 0 Å². The Morgan fingerprint density at radius 1 is 0.806 bits per heavy atom. The van der Waals surface area contributed by atoms with Gasteiger partial charge in [-0.1, -0.05) is 102 Å². The highest BCUT2D eigenvalue weighted by atomic mass is 35.5. The first-order valence-electron chi connectivity index (χ1n) is 11.8. The molecule has 0 aliphatic rings. The number of esters is 2. The van der Waals surface area contributed by atoms with Crippen LogP contribution in [0.15, 0.2) is 18.2 Å². The maximum absolute atomic E-state index is 12.9. The maximum atomic E-state index is 12.9. The molecule has 0 saturated carbocycles. The van der Waals surface area contributed by atoms with Crippen molar-refractivity contribution < 1.29 is 19.1 Å². The summed E-state index contributed by atoms with van der Waals surface area (Å²) >= 11 is 12.1. The fourth-order valence-corrected chi connectivity index (χ4v) is 3.87. The van der Waals surface area contributed by atoms with E-state index in [1.54, 1.807) is 26.0 Å². The summed E-state index contributed by atoms with van der Waals surface area (Å²) in [5.41, 5.74) is -1.34. The summed E-state index contributed by atoms with van der Waals surface area (Å²) in [7, 11) is 0. The van der Waals surface area contributed by atoms with Crippen LogP contribution >= 0.6 is 23.2 Å². The zero-order chi connectivity index (χ0) is 23.1. The molecule has 0 N–H and O–H groups in total. The van der Waals surface area contributed by atoms with Crippen LogP contribution in [0.25, 0.3) is 0 Å². The molecular weight excluding hydrogens is 435 g/mol. The van der Waals surface area contributed by atoms with Crippen LogP contribution in [0, 0.1) is 5.41 Å². The number of carbonyl (C=O) groups excluding carboxylic acids is 2. The predicted octanol–water partition coefficient (Wildman–Crippen LogP) is 8.17. The van der Waals surface area contributed by atoms with Gasteiger partial charge in [0.1, 0.15) is 0 Å². The molecule has 4 nitrogen and oxygen atoms in total. The first kappa shape index (κ1) is 27.8. The van der Waals surface area contributed by atoms with E-state index in [0.717, 1.165) is 19.3 Å². The molecule has 0 bridgehead atoms. The second-order valence-electron chi connectivity index (χ2n) is 8.07. The number of ether oxygens (including phenoxy) is 2. The Kier molecular flexibility index (Phi) is 13.9. The number of rotatable bonds is 16. The first-order chi connectivity index (χ1) is 14.9. The van der Waals surface area contributed by atoms with E-state index in [1.807, 2.05) is 0 Å². The molecule has 176 valence electrons. The van der Waals surface area contributed by atoms with E-state index in [9.17, 15) is 9.59 Å². The Bertz CT molecular complexity index is 671. The van der Waals surface area contributed by atoms with Crippen LogP contribution in [0.2, 0.25) is 10.0 Å². The average molecular weight is 473 g/mol. The molecule has 0 spiro atoms. The van der Waals surface area contributed by atoms with Gasteiger partial charge < -0.3 is 9.47 Å². The number of unbranched alkanes of at least 4 members (excludes halogenated alkanes) is 9. The normalized spacial score (nSPS) is 11.4. The summed E-state index contributed by atoms with van der Waals surface area (Å²) in [6.45, 7) is 6.12. The quantitative estimate of drug-likeness (QED) is 0.105. The molecule has 1 aromatic carbocycles. The third-order valence-electron chi connectivity index (χ3n) is 5.82. The van der Waals surface area contributed by atoms with Gasteiger partial charge in [0.2, 0.25) is 0 Å². The Balaban J connectivity index is 2.43. The van der Waals surface area contributed by atoms with E-state index in [4.69, 9.17) is 32.7 Å². The van der Waals surface area contributed by atoms with Crippen molar-refractivity contribution in [2.45, 2.75) is 97.8 Å². The molecule has 0 saturated heterocycles. The van der Waals surface area contributed by atoms with E-state index >= 15 is 0 Å². The van der Waals surface area contributed by atoms with Crippen LogP contribution in [-0.2, 0) is 14.3 Å². The highest BCUT2D eigenvalue weighted by Gasteiger charge is 2.46. The van der Waals surface area contributed by atoms with Crippen LogP contribution in [0.1, 0.15) is 97.8 Å². The van der Waals surface area contributed by atoms with Crippen molar-refractivity contribution >= 4 is 35.1 Å². The van der Waals surface area contributed by atoms with Crippen molar-refractivity contribution in [1.82, 2.24) is 0 Å². The van der Waals surface area contributed by atoms with Crippen molar-refractivity contribution in [2.24, 2.45) is 5.41 Å². The van der Waals surface area contributed by atoms with Crippen molar-refractivity contribution in [3.8, 4) is 5.75 Å². The maximum Gasteiger partial charge on any atom is 0.328 e. The molecule has 1 aromatic rings. The predicted molar refractivity (Wildman–Crippen MR) is 128 cm³/mol. The smallest absolute Gasteiger partial charge is 0.328 e. The number of benzene rings is 1. The molecule has 0 aliphatic heterocycles. The monoisotopic (exact) mass is 472 g/mol. The van der Waals surface area contributed by atoms with E-state index in [0.29, 0.717) is 11.6 Å². The lowest BCUT2D eigenvalue weighted by atomic mass is 9.82. The van der Waals surface area contributed by atoms with Gasteiger partial charge in [-0.15, -0.1) is 0 Å². The molecule has 31 heavy (non-hydrogen) atoms. The van der Waals surface area contributed by atoms with Crippen molar-refractivity contribution in [3.05, 3.63) is 28.2 Å². The molecule has 0 aliphatic carbocycles. The molecule has 1 rings (SSSR count). The number of hydrogen-bond donors (Lipinski definition) is 0. The molecule has 0 radical (unpaired) electrons. The molecular formula is C25H38Cl2O4. The van der Waals surface area contributed by atoms with Crippen LogP contribution in [0.3, 0.4) is 0 Å². The largest absolute Gasteiger partial charge is 0.465 e. The SMILES string of the molecule is CCCCCCCCCCCCOC(=O)C(CC)(CC)C(=O)Oc1cc(Cl)ccc1Cl.